The van der Waals surface area contributed by atoms with Crippen LogP contribution in [0.1, 0.15) is 19.3 Å². The van der Waals surface area contributed by atoms with Crippen LogP contribution in [-0.2, 0) is 4.79 Å². The number of carbonyl (C=O) groups is 1. The summed E-state index contributed by atoms with van der Waals surface area (Å²) in [5, 5.41) is 9.21. The minimum absolute atomic E-state index is 0.153. The van der Waals surface area contributed by atoms with E-state index in [2.05, 4.69) is 16.8 Å². The van der Waals surface area contributed by atoms with Crippen LogP contribution in [0.3, 0.4) is 0 Å². The first-order chi connectivity index (χ1) is 7.18. The van der Waals surface area contributed by atoms with E-state index < -0.39 is 5.97 Å². The molecule has 0 spiro atoms. The van der Waals surface area contributed by atoms with Crippen molar-refractivity contribution in [3.8, 4) is 0 Å². The number of hydrogen-bond donors (Lipinski definition) is 1. The van der Waals surface area contributed by atoms with Crippen molar-refractivity contribution in [3.63, 3.8) is 0 Å². The van der Waals surface area contributed by atoms with Gasteiger partial charge >= 0.3 is 5.97 Å². The predicted octanol–water partition coefficient (Wildman–Crippen LogP) is 0.487. The number of carboxylic acids is 1. The summed E-state index contributed by atoms with van der Waals surface area (Å²) in [6, 6.07) is 0.240. The fourth-order valence-electron chi connectivity index (χ4n) is 2.82. The zero-order chi connectivity index (χ0) is 10.8. The first-order valence-electron chi connectivity index (χ1n) is 5.84. The Morgan fingerprint density at radius 2 is 1.93 bits per heavy atom. The monoisotopic (exact) mass is 212 g/mol. The van der Waals surface area contributed by atoms with Crippen LogP contribution in [0.25, 0.3) is 0 Å². The Balaban J connectivity index is 2.05. The number of likely N-dealkylation sites (tertiary alicyclic amines) is 2. The van der Waals surface area contributed by atoms with Crippen LogP contribution in [0.15, 0.2) is 0 Å². The number of rotatable bonds is 2. The van der Waals surface area contributed by atoms with Crippen molar-refractivity contribution in [2.75, 3.05) is 33.2 Å². The van der Waals surface area contributed by atoms with Gasteiger partial charge in [0.25, 0.3) is 0 Å². The van der Waals surface area contributed by atoms with Crippen LogP contribution >= 0.6 is 0 Å². The molecule has 2 heterocycles. The summed E-state index contributed by atoms with van der Waals surface area (Å²) < 4.78 is 0. The Morgan fingerprint density at radius 1 is 1.27 bits per heavy atom. The van der Waals surface area contributed by atoms with E-state index in [0.717, 1.165) is 32.6 Å². The van der Waals surface area contributed by atoms with Crippen molar-refractivity contribution < 1.29 is 9.90 Å². The highest BCUT2D eigenvalue weighted by Crippen LogP contribution is 2.25. The predicted molar refractivity (Wildman–Crippen MR) is 57.8 cm³/mol. The van der Waals surface area contributed by atoms with E-state index in [4.69, 9.17) is 0 Å². The normalized spacial score (nSPS) is 34.5. The molecule has 4 nitrogen and oxygen atoms in total. The molecule has 4 heteroatoms. The van der Waals surface area contributed by atoms with Gasteiger partial charge in [0.1, 0.15) is 0 Å². The summed E-state index contributed by atoms with van der Waals surface area (Å²) in [6.07, 6.45) is 3.26. The van der Waals surface area contributed by atoms with Crippen molar-refractivity contribution in [1.29, 1.82) is 0 Å². The summed E-state index contributed by atoms with van der Waals surface area (Å²) in [4.78, 5) is 15.8. The third-order valence-electron chi connectivity index (χ3n) is 3.71. The Morgan fingerprint density at radius 3 is 2.53 bits per heavy atom. The number of nitrogens with zero attached hydrogens (tertiary/aromatic N) is 2. The van der Waals surface area contributed by atoms with Crippen LogP contribution in [0, 0.1) is 5.92 Å². The molecule has 0 amide bonds. The van der Waals surface area contributed by atoms with E-state index in [1.807, 2.05) is 0 Å². The van der Waals surface area contributed by atoms with Gasteiger partial charge in [-0.1, -0.05) is 0 Å². The van der Waals surface area contributed by atoms with Gasteiger partial charge in [0.15, 0.2) is 0 Å². The van der Waals surface area contributed by atoms with Gasteiger partial charge < -0.3 is 10.0 Å². The maximum Gasteiger partial charge on any atom is 0.308 e. The molecule has 0 bridgehead atoms. The fraction of sp³-hybridized carbons (Fsp3) is 0.909. The molecule has 2 atom stereocenters. The second kappa shape index (κ2) is 4.49. The minimum atomic E-state index is -0.611. The minimum Gasteiger partial charge on any atom is -0.481 e. The molecule has 0 aromatic carbocycles. The quantitative estimate of drug-likeness (QED) is 0.723. The molecule has 2 rings (SSSR count). The second-order valence-electron chi connectivity index (χ2n) is 4.81. The summed E-state index contributed by atoms with van der Waals surface area (Å²) >= 11 is 0. The lowest BCUT2D eigenvalue weighted by atomic mass is 9.91. The molecular formula is C11H20N2O2. The SMILES string of the molecule is CN1CCC(C(=O)O)C(N2CCCC2)C1. The number of aliphatic carboxylic acids is 1. The topological polar surface area (TPSA) is 43.8 Å². The highest BCUT2D eigenvalue weighted by Gasteiger charge is 2.37. The van der Waals surface area contributed by atoms with Crippen LogP contribution in [0.2, 0.25) is 0 Å². The molecule has 0 aliphatic carbocycles. The van der Waals surface area contributed by atoms with Gasteiger partial charge in [-0.3, -0.25) is 9.69 Å². The molecule has 0 aromatic rings. The first kappa shape index (κ1) is 10.9. The molecule has 2 aliphatic heterocycles. The molecule has 0 saturated carbocycles. The molecule has 2 fully saturated rings. The second-order valence-corrected chi connectivity index (χ2v) is 4.81. The summed E-state index contributed by atoms with van der Waals surface area (Å²) in [5.74, 6) is -0.765. The summed E-state index contributed by atoms with van der Waals surface area (Å²) in [5.41, 5.74) is 0. The molecule has 15 heavy (non-hydrogen) atoms. The molecule has 0 radical (unpaired) electrons. The molecule has 2 unspecified atom stereocenters. The maximum absolute atomic E-state index is 11.2. The van der Waals surface area contributed by atoms with Gasteiger partial charge in [-0.05, 0) is 45.9 Å². The van der Waals surface area contributed by atoms with Gasteiger partial charge in [0, 0.05) is 12.6 Å². The Hall–Kier alpha value is -0.610. The van der Waals surface area contributed by atoms with E-state index in [-0.39, 0.29) is 12.0 Å². The number of likely N-dealkylation sites (N-methyl/N-ethyl adjacent to an activating group) is 1. The third kappa shape index (κ3) is 2.32. The number of carboxylic acid groups (broad SMARTS) is 1. The zero-order valence-electron chi connectivity index (χ0n) is 9.35. The number of hydrogen-bond acceptors (Lipinski definition) is 3. The van der Waals surface area contributed by atoms with E-state index in [0.29, 0.717) is 0 Å². The van der Waals surface area contributed by atoms with Crippen molar-refractivity contribution in [2.24, 2.45) is 5.92 Å². The largest absolute Gasteiger partial charge is 0.481 e. The average Bonchev–Trinajstić information content (AvgIpc) is 2.69. The average molecular weight is 212 g/mol. The lowest BCUT2D eigenvalue weighted by molar-refractivity contribution is -0.146. The van der Waals surface area contributed by atoms with E-state index >= 15 is 0 Å². The van der Waals surface area contributed by atoms with E-state index in [1.165, 1.54) is 12.8 Å². The highest BCUT2D eigenvalue weighted by molar-refractivity contribution is 5.71. The molecular weight excluding hydrogens is 192 g/mol. The lowest BCUT2D eigenvalue weighted by Crippen LogP contribution is -2.53. The van der Waals surface area contributed by atoms with Gasteiger partial charge in [-0.15, -0.1) is 0 Å². The van der Waals surface area contributed by atoms with Crippen LogP contribution < -0.4 is 0 Å². The first-order valence-corrected chi connectivity index (χ1v) is 5.84. The smallest absolute Gasteiger partial charge is 0.308 e. The molecule has 86 valence electrons. The number of piperidine rings is 1. The van der Waals surface area contributed by atoms with Gasteiger partial charge in [-0.25, -0.2) is 0 Å². The molecule has 2 aliphatic rings. The van der Waals surface area contributed by atoms with Crippen LogP contribution in [0.4, 0.5) is 0 Å². The molecule has 0 aromatic heterocycles. The zero-order valence-corrected chi connectivity index (χ0v) is 9.35. The summed E-state index contributed by atoms with van der Waals surface area (Å²) in [6.45, 7) is 4.00. The summed E-state index contributed by atoms with van der Waals surface area (Å²) in [7, 11) is 2.08. The van der Waals surface area contributed by atoms with Crippen molar-refractivity contribution in [2.45, 2.75) is 25.3 Å². The van der Waals surface area contributed by atoms with Gasteiger partial charge in [0.05, 0.1) is 5.92 Å². The van der Waals surface area contributed by atoms with Crippen LogP contribution in [0.5, 0.6) is 0 Å². The Kier molecular flexibility index (Phi) is 3.26. The van der Waals surface area contributed by atoms with Crippen molar-refractivity contribution in [1.82, 2.24) is 9.80 Å². The standard InChI is InChI=1S/C11H20N2O2/c1-12-7-4-9(11(14)15)10(8-12)13-5-2-3-6-13/h9-10H,2-8H2,1H3,(H,14,15). The van der Waals surface area contributed by atoms with E-state index in [1.54, 1.807) is 0 Å². The van der Waals surface area contributed by atoms with E-state index in [9.17, 15) is 9.90 Å². The highest BCUT2D eigenvalue weighted by atomic mass is 16.4. The van der Waals surface area contributed by atoms with Crippen LogP contribution in [-0.4, -0.2) is 60.1 Å². The van der Waals surface area contributed by atoms with Gasteiger partial charge in [0.2, 0.25) is 0 Å². The maximum atomic E-state index is 11.2. The lowest BCUT2D eigenvalue weighted by Gasteiger charge is -2.39. The van der Waals surface area contributed by atoms with Crippen molar-refractivity contribution >= 4 is 5.97 Å². The fourth-order valence-corrected chi connectivity index (χ4v) is 2.82. The third-order valence-corrected chi connectivity index (χ3v) is 3.71. The Bertz CT molecular complexity index is 239. The Labute approximate surface area is 90.9 Å². The van der Waals surface area contributed by atoms with Gasteiger partial charge in [-0.2, -0.15) is 0 Å². The molecule has 1 N–H and O–H groups in total. The molecule has 2 saturated heterocycles. The van der Waals surface area contributed by atoms with Crippen molar-refractivity contribution in [3.05, 3.63) is 0 Å².